The van der Waals surface area contributed by atoms with Crippen molar-refractivity contribution >= 4 is 32.7 Å². The molecule has 5 aromatic carbocycles. The SMILES string of the molecule is c1ccc(-c2nc(-c3ccccc3)nc(-c3cccc(-c4ccc5cc(-c6nccc7oc8ccccc8c67)ncc5c4)c3)n2)cc1. The summed E-state index contributed by atoms with van der Waals surface area (Å²) in [6, 6.07) is 46.9. The summed E-state index contributed by atoms with van der Waals surface area (Å²) in [4.78, 5) is 24.2. The number of nitrogens with zero attached hydrogens (tertiary/aromatic N) is 5. The van der Waals surface area contributed by atoms with Crippen LogP contribution in [0.1, 0.15) is 0 Å². The van der Waals surface area contributed by atoms with E-state index in [1.807, 2.05) is 103 Å². The Morgan fingerprint density at radius 3 is 1.83 bits per heavy atom. The van der Waals surface area contributed by atoms with Crippen molar-refractivity contribution in [2.75, 3.05) is 0 Å². The Morgan fingerprint density at radius 2 is 1.06 bits per heavy atom. The van der Waals surface area contributed by atoms with Crippen LogP contribution in [0.3, 0.4) is 0 Å². The second-order valence-electron chi connectivity index (χ2n) is 11.4. The molecule has 0 unspecified atom stereocenters. The number of furan rings is 1. The zero-order chi connectivity index (χ0) is 31.2. The third-order valence-electron chi connectivity index (χ3n) is 8.41. The van der Waals surface area contributed by atoms with E-state index in [1.54, 1.807) is 6.20 Å². The van der Waals surface area contributed by atoms with Crippen LogP contribution in [0.4, 0.5) is 0 Å². The van der Waals surface area contributed by atoms with E-state index in [-0.39, 0.29) is 0 Å². The van der Waals surface area contributed by atoms with Crippen molar-refractivity contribution in [3.05, 3.63) is 152 Å². The molecule has 0 aliphatic carbocycles. The highest BCUT2D eigenvalue weighted by Gasteiger charge is 2.16. The quantitative estimate of drug-likeness (QED) is 0.195. The number of hydrogen-bond donors (Lipinski definition) is 0. The minimum Gasteiger partial charge on any atom is -0.456 e. The molecule has 6 heteroatoms. The molecular formula is C41H25N5O. The summed E-state index contributed by atoms with van der Waals surface area (Å²) in [6.45, 7) is 0. The topological polar surface area (TPSA) is 77.6 Å². The summed E-state index contributed by atoms with van der Waals surface area (Å²) >= 11 is 0. The number of rotatable bonds is 5. The fraction of sp³-hybridized carbons (Fsp3) is 0. The van der Waals surface area contributed by atoms with E-state index in [2.05, 4.69) is 42.5 Å². The molecule has 9 rings (SSSR count). The van der Waals surface area contributed by atoms with Gasteiger partial charge < -0.3 is 4.42 Å². The number of aromatic nitrogens is 5. The average molecular weight is 604 g/mol. The fourth-order valence-corrected chi connectivity index (χ4v) is 6.09. The average Bonchev–Trinajstić information content (AvgIpc) is 3.54. The van der Waals surface area contributed by atoms with Crippen LogP contribution in [0.15, 0.2) is 156 Å². The molecule has 0 aliphatic rings. The van der Waals surface area contributed by atoms with E-state index >= 15 is 0 Å². The molecule has 0 radical (unpaired) electrons. The van der Waals surface area contributed by atoms with Crippen LogP contribution in [0.25, 0.3) is 89.4 Å². The number of para-hydroxylation sites is 1. The van der Waals surface area contributed by atoms with Crippen LogP contribution in [0.5, 0.6) is 0 Å². The molecule has 0 fully saturated rings. The highest BCUT2D eigenvalue weighted by Crippen LogP contribution is 2.36. The van der Waals surface area contributed by atoms with Gasteiger partial charge in [-0.05, 0) is 46.8 Å². The number of hydrogen-bond acceptors (Lipinski definition) is 6. The minimum atomic E-state index is 0.625. The number of fused-ring (bicyclic) bond motifs is 4. The van der Waals surface area contributed by atoms with Gasteiger partial charge in [-0.3, -0.25) is 9.97 Å². The van der Waals surface area contributed by atoms with E-state index in [4.69, 9.17) is 29.3 Å². The van der Waals surface area contributed by atoms with Gasteiger partial charge in [0.1, 0.15) is 16.9 Å². The van der Waals surface area contributed by atoms with Crippen molar-refractivity contribution in [1.82, 2.24) is 24.9 Å². The lowest BCUT2D eigenvalue weighted by molar-refractivity contribution is 0.668. The molecule has 4 heterocycles. The smallest absolute Gasteiger partial charge is 0.164 e. The lowest BCUT2D eigenvalue weighted by Crippen LogP contribution is -2.00. The molecule has 220 valence electrons. The summed E-state index contributed by atoms with van der Waals surface area (Å²) in [5.74, 6) is 1.90. The van der Waals surface area contributed by atoms with Gasteiger partial charge >= 0.3 is 0 Å². The monoisotopic (exact) mass is 603 g/mol. The van der Waals surface area contributed by atoms with Crippen LogP contribution in [0, 0.1) is 0 Å². The van der Waals surface area contributed by atoms with Crippen molar-refractivity contribution in [2.45, 2.75) is 0 Å². The highest BCUT2D eigenvalue weighted by atomic mass is 16.3. The van der Waals surface area contributed by atoms with Crippen LogP contribution < -0.4 is 0 Å². The molecule has 0 saturated carbocycles. The Kier molecular flexibility index (Phi) is 6.35. The maximum atomic E-state index is 6.09. The predicted molar refractivity (Wildman–Crippen MR) is 187 cm³/mol. The van der Waals surface area contributed by atoms with Gasteiger partial charge in [0, 0.05) is 39.9 Å². The van der Waals surface area contributed by atoms with Gasteiger partial charge in [-0.2, -0.15) is 0 Å². The van der Waals surface area contributed by atoms with Gasteiger partial charge in [0.05, 0.1) is 11.1 Å². The molecule has 47 heavy (non-hydrogen) atoms. The third-order valence-corrected chi connectivity index (χ3v) is 8.41. The lowest BCUT2D eigenvalue weighted by atomic mass is 9.99. The first kappa shape index (κ1) is 26.8. The first-order valence-electron chi connectivity index (χ1n) is 15.4. The number of pyridine rings is 2. The summed E-state index contributed by atoms with van der Waals surface area (Å²) in [5.41, 5.74) is 8.21. The zero-order valence-corrected chi connectivity index (χ0v) is 25.1. The summed E-state index contributed by atoms with van der Waals surface area (Å²) in [6.07, 6.45) is 3.70. The molecule has 4 aromatic heterocycles. The molecule has 6 nitrogen and oxygen atoms in total. The van der Waals surface area contributed by atoms with Crippen molar-refractivity contribution < 1.29 is 4.42 Å². The van der Waals surface area contributed by atoms with E-state index in [9.17, 15) is 0 Å². The Morgan fingerprint density at radius 1 is 0.426 bits per heavy atom. The lowest BCUT2D eigenvalue weighted by Gasteiger charge is -2.10. The molecule has 9 aromatic rings. The Balaban J connectivity index is 1.10. The molecule has 0 aliphatic heterocycles. The van der Waals surface area contributed by atoms with Gasteiger partial charge in [0.15, 0.2) is 17.5 Å². The van der Waals surface area contributed by atoms with Crippen LogP contribution in [0.2, 0.25) is 0 Å². The third kappa shape index (κ3) is 4.89. The van der Waals surface area contributed by atoms with E-state index in [0.29, 0.717) is 17.5 Å². The van der Waals surface area contributed by atoms with Crippen molar-refractivity contribution in [3.8, 4) is 56.7 Å². The first-order chi connectivity index (χ1) is 23.3. The maximum absolute atomic E-state index is 6.09. The van der Waals surface area contributed by atoms with Gasteiger partial charge in [0.2, 0.25) is 0 Å². The maximum Gasteiger partial charge on any atom is 0.164 e. The molecule has 0 saturated heterocycles. The van der Waals surface area contributed by atoms with Gasteiger partial charge in [-0.25, -0.2) is 15.0 Å². The van der Waals surface area contributed by atoms with Gasteiger partial charge in [-0.1, -0.05) is 109 Å². The Hall–Kier alpha value is -6.53. The number of benzene rings is 5. The highest BCUT2D eigenvalue weighted by molar-refractivity contribution is 6.11. The summed E-state index contributed by atoms with van der Waals surface area (Å²) < 4.78 is 6.09. The van der Waals surface area contributed by atoms with Crippen molar-refractivity contribution in [2.24, 2.45) is 0 Å². The second-order valence-corrected chi connectivity index (χ2v) is 11.4. The summed E-state index contributed by atoms with van der Waals surface area (Å²) in [5, 5.41) is 4.14. The fourth-order valence-electron chi connectivity index (χ4n) is 6.09. The molecule has 0 N–H and O–H groups in total. The Bertz CT molecular complexity index is 2520. The van der Waals surface area contributed by atoms with Gasteiger partial charge in [0.25, 0.3) is 0 Å². The zero-order valence-electron chi connectivity index (χ0n) is 25.1. The molecule has 0 bridgehead atoms. The normalized spacial score (nSPS) is 11.4. The second kappa shape index (κ2) is 11.1. The largest absolute Gasteiger partial charge is 0.456 e. The van der Waals surface area contributed by atoms with Crippen molar-refractivity contribution in [3.63, 3.8) is 0 Å². The summed E-state index contributed by atoms with van der Waals surface area (Å²) in [7, 11) is 0. The van der Waals surface area contributed by atoms with Gasteiger partial charge in [-0.15, -0.1) is 0 Å². The minimum absolute atomic E-state index is 0.625. The van der Waals surface area contributed by atoms with E-state index in [1.165, 1.54) is 0 Å². The van der Waals surface area contributed by atoms with E-state index < -0.39 is 0 Å². The first-order valence-corrected chi connectivity index (χ1v) is 15.4. The van der Waals surface area contributed by atoms with E-state index in [0.717, 1.165) is 71.9 Å². The predicted octanol–water partition coefficient (Wildman–Crippen LogP) is 10.0. The standard InChI is InChI=1S/C41H25N5O/c1-3-10-26(11-4-1)39-44-40(27-12-5-2-6-13-27)46-41(45-39)31-15-9-14-28(22-31)29-18-19-30-24-34(43-25-32(30)23-29)38-37-33-16-7-8-17-35(33)47-36(37)20-21-42-38/h1-25H. The van der Waals surface area contributed by atoms with Crippen LogP contribution in [-0.4, -0.2) is 24.9 Å². The molecule has 0 spiro atoms. The molecule has 0 atom stereocenters. The van der Waals surface area contributed by atoms with Crippen LogP contribution in [-0.2, 0) is 0 Å². The van der Waals surface area contributed by atoms with Crippen molar-refractivity contribution in [1.29, 1.82) is 0 Å². The molecular weight excluding hydrogens is 578 g/mol. The molecule has 0 amide bonds. The van der Waals surface area contributed by atoms with Crippen LogP contribution >= 0.6 is 0 Å². The Labute approximate surface area is 270 Å².